The van der Waals surface area contributed by atoms with Gasteiger partial charge in [0.1, 0.15) is 5.82 Å². The fourth-order valence-electron chi connectivity index (χ4n) is 2.29. The number of pyridine rings is 1. The Balaban J connectivity index is 2.42. The summed E-state index contributed by atoms with van der Waals surface area (Å²) in [6, 6.07) is 6.05. The highest BCUT2D eigenvalue weighted by molar-refractivity contribution is 5.82. The van der Waals surface area contributed by atoms with E-state index in [-0.39, 0.29) is 18.1 Å². The van der Waals surface area contributed by atoms with E-state index >= 15 is 0 Å². The van der Waals surface area contributed by atoms with Crippen molar-refractivity contribution in [2.75, 3.05) is 0 Å². The van der Waals surface area contributed by atoms with Crippen LogP contribution in [0.15, 0.2) is 30.6 Å². The minimum absolute atomic E-state index is 0.0238. The van der Waals surface area contributed by atoms with E-state index in [2.05, 4.69) is 4.98 Å². The van der Waals surface area contributed by atoms with Gasteiger partial charge in [0.2, 0.25) is 0 Å². The summed E-state index contributed by atoms with van der Waals surface area (Å²) in [5, 5.41) is 0. The van der Waals surface area contributed by atoms with Gasteiger partial charge in [-0.1, -0.05) is 0 Å². The first-order chi connectivity index (χ1) is 8.52. The van der Waals surface area contributed by atoms with Gasteiger partial charge in [0.25, 0.3) is 0 Å². The maximum atomic E-state index is 12.6. The predicted octanol–water partition coefficient (Wildman–Crippen LogP) is 3.07. The van der Waals surface area contributed by atoms with Crippen molar-refractivity contribution in [2.24, 2.45) is 0 Å². The van der Waals surface area contributed by atoms with Crippen LogP contribution in [0.1, 0.15) is 27.7 Å². The van der Waals surface area contributed by atoms with Crippen molar-refractivity contribution in [1.82, 2.24) is 14.5 Å². The molecule has 0 radical (unpaired) electrons. The third-order valence-electron chi connectivity index (χ3n) is 2.99. The van der Waals surface area contributed by atoms with Gasteiger partial charge in [-0.05, 0) is 45.9 Å². The number of carbonyl (C=O) groups is 1. The molecule has 0 spiro atoms. The van der Waals surface area contributed by atoms with Gasteiger partial charge in [-0.25, -0.2) is 9.78 Å². The molecule has 0 unspecified atom stereocenters. The molecule has 2 aliphatic heterocycles. The largest absolute Gasteiger partial charge is 0.330 e. The molecular weight excluding hydrogens is 226 g/mol. The van der Waals surface area contributed by atoms with Crippen LogP contribution in [0.3, 0.4) is 0 Å². The SMILES string of the molecule is CC(C)N(C(=O)n1cccc2ccnc1-2)C(C)C. The Bertz CT molecular complexity index is 508. The molecule has 96 valence electrons. The molecule has 0 saturated heterocycles. The fraction of sp³-hybridized carbons (Fsp3) is 0.429. The van der Waals surface area contributed by atoms with E-state index in [0.717, 1.165) is 5.56 Å². The van der Waals surface area contributed by atoms with Gasteiger partial charge >= 0.3 is 6.03 Å². The van der Waals surface area contributed by atoms with Crippen molar-refractivity contribution < 1.29 is 4.79 Å². The second-order valence-corrected chi connectivity index (χ2v) is 4.98. The highest BCUT2D eigenvalue weighted by atomic mass is 16.2. The minimum Gasteiger partial charge on any atom is -0.319 e. The fourth-order valence-corrected chi connectivity index (χ4v) is 2.29. The molecule has 0 saturated carbocycles. The van der Waals surface area contributed by atoms with E-state index in [1.165, 1.54) is 0 Å². The maximum Gasteiger partial charge on any atom is 0.330 e. The van der Waals surface area contributed by atoms with Crippen molar-refractivity contribution in [2.45, 2.75) is 39.8 Å². The summed E-state index contributed by atoms with van der Waals surface area (Å²) in [5.41, 5.74) is 0.985. The summed E-state index contributed by atoms with van der Waals surface area (Å²) < 4.78 is 1.62. The second-order valence-electron chi connectivity index (χ2n) is 4.98. The Hall–Kier alpha value is -1.84. The summed E-state index contributed by atoms with van der Waals surface area (Å²) >= 11 is 0. The molecule has 0 aromatic carbocycles. The lowest BCUT2D eigenvalue weighted by atomic mass is 10.2. The molecule has 2 heterocycles. The lowest BCUT2D eigenvalue weighted by Crippen LogP contribution is -2.44. The summed E-state index contributed by atoms with van der Waals surface area (Å²) in [6.45, 7) is 8.10. The average molecular weight is 245 g/mol. The summed E-state index contributed by atoms with van der Waals surface area (Å²) in [7, 11) is 0. The van der Waals surface area contributed by atoms with Crippen LogP contribution in [0.2, 0.25) is 0 Å². The van der Waals surface area contributed by atoms with Crippen LogP contribution >= 0.6 is 0 Å². The number of fused-ring (bicyclic) bond motifs is 1. The van der Waals surface area contributed by atoms with Crippen molar-refractivity contribution >= 4 is 6.03 Å². The molecule has 0 fully saturated rings. The van der Waals surface area contributed by atoms with E-state index in [1.807, 2.05) is 50.8 Å². The third-order valence-corrected chi connectivity index (χ3v) is 2.99. The molecule has 18 heavy (non-hydrogen) atoms. The quantitative estimate of drug-likeness (QED) is 0.815. The second kappa shape index (κ2) is 4.80. The van der Waals surface area contributed by atoms with E-state index in [1.54, 1.807) is 17.0 Å². The lowest BCUT2D eigenvalue weighted by Gasteiger charge is -2.31. The normalized spacial score (nSPS) is 11.4. The molecule has 1 amide bonds. The van der Waals surface area contributed by atoms with Crippen LogP contribution < -0.4 is 0 Å². The van der Waals surface area contributed by atoms with Gasteiger partial charge in [0.15, 0.2) is 0 Å². The smallest absolute Gasteiger partial charge is 0.319 e. The Morgan fingerprint density at radius 1 is 1.22 bits per heavy atom. The first-order valence-electron chi connectivity index (χ1n) is 6.27. The van der Waals surface area contributed by atoms with Gasteiger partial charge in [-0.15, -0.1) is 0 Å². The monoisotopic (exact) mass is 245 g/mol. The molecule has 0 N–H and O–H groups in total. The number of nitrogens with zero attached hydrogens (tertiary/aromatic N) is 3. The summed E-state index contributed by atoms with van der Waals surface area (Å²) in [6.07, 6.45) is 3.50. The lowest BCUT2D eigenvalue weighted by molar-refractivity contribution is 0.166. The minimum atomic E-state index is -0.0238. The number of rotatable bonds is 2. The summed E-state index contributed by atoms with van der Waals surface area (Å²) in [5.74, 6) is 0.716. The predicted molar refractivity (Wildman–Crippen MR) is 71.8 cm³/mol. The highest BCUT2D eigenvalue weighted by Gasteiger charge is 2.23. The highest BCUT2D eigenvalue weighted by Crippen LogP contribution is 2.20. The van der Waals surface area contributed by atoms with Crippen molar-refractivity contribution in [3.8, 4) is 11.4 Å². The molecule has 4 heteroatoms. The van der Waals surface area contributed by atoms with E-state index in [9.17, 15) is 4.79 Å². The first kappa shape index (κ1) is 12.6. The zero-order valence-electron chi connectivity index (χ0n) is 11.3. The number of hydrogen-bond donors (Lipinski definition) is 0. The topological polar surface area (TPSA) is 38.1 Å². The number of aromatic nitrogens is 2. The Morgan fingerprint density at radius 3 is 2.50 bits per heavy atom. The van der Waals surface area contributed by atoms with Crippen molar-refractivity contribution in [3.05, 3.63) is 30.6 Å². The van der Waals surface area contributed by atoms with Crippen molar-refractivity contribution in [3.63, 3.8) is 0 Å². The summed E-state index contributed by atoms with van der Waals surface area (Å²) in [4.78, 5) is 18.7. The Kier molecular flexibility index (Phi) is 3.36. The molecule has 0 aromatic rings. The van der Waals surface area contributed by atoms with E-state index in [0.29, 0.717) is 5.82 Å². The van der Waals surface area contributed by atoms with Crippen molar-refractivity contribution in [1.29, 1.82) is 0 Å². The maximum absolute atomic E-state index is 12.6. The molecule has 4 nitrogen and oxygen atoms in total. The average Bonchev–Trinajstić information content (AvgIpc) is 2.75. The Morgan fingerprint density at radius 2 is 1.89 bits per heavy atom. The number of hydrogen-bond acceptors (Lipinski definition) is 2. The van der Waals surface area contributed by atoms with Crippen LogP contribution in [0.5, 0.6) is 0 Å². The molecule has 0 aromatic heterocycles. The molecular formula is C14H19N3O. The zero-order chi connectivity index (χ0) is 13.3. The van der Waals surface area contributed by atoms with Crippen LogP contribution in [-0.2, 0) is 0 Å². The van der Waals surface area contributed by atoms with Gasteiger partial charge < -0.3 is 4.90 Å². The van der Waals surface area contributed by atoms with Gasteiger partial charge in [-0.3, -0.25) is 4.57 Å². The number of amides is 1. The van der Waals surface area contributed by atoms with Gasteiger partial charge in [0.05, 0.1) is 0 Å². The Labute approximate surface area is 108 Å². The third kappa shape index (κ3) is 2.10. The number of carbonyl (C=O) groups excluding carboxylic acids is 1. The van der Waals surface area contributed by atoms with Gasteiger partial charge in [0, 0.05) is 30.0 Å². The van der Waals surface area contributed by atoms with Crippen LogP contribution in [0, 0.1) is 0 Å². The molecule has 0 bridgehead atoms. The zero-order valence-corrected chi connectivity index (χ0v) is 11.3. The van der Waals surface area contributed by atoms with Crippen LogP contribution in [0.25, 0.3) is 11.4 Å². The van der Waals surface area contributed by atoms with E-state index < -0.39 is 0 Å². The molecule has 0 aliphatic carbocycles. The molecule has 2 aliphatic rings. The van der Waals surface area contributed by atoms with Gasteiger partial charge in [-0.2, -0.15) is 0 Å². The van der Waals surface area contributed by atoms with E-state index in [4.69, 9.17) is 0 Å². The van der Waals surface area contributed by atoms with Crippen LogP contribution in [-0.4, -0.2) is 32.6 Å². The standard InChI is InChI=1S/C14H19N3O/c1-10(2)17(11(3)4)14(18)16-9-5-6-12-7-8-15-13(12)16/h5-11H,1-4H3. The molecule has 2 rings (SSSR count). The first-order valence-corrected chi connectivity index (χ1v) is 6.27. The van der Waals surface area contributed by atoms with Crippen LogP contribution in [0.4, 0.5) is 4.79 Å². The molecule has 0 atom stereocenters.